The highest BCUT2D eigenvalue weighted by molar-refractivity contribution is 7.10. The minimum Gasteiger partial charge on any atom is -0.368 e. The standard InChI is InChI=1S/C17H18N6O3S/c24-17(20-16-14(21-23-27-16)11-5-2-1-3-6-11)18-9-8-13-19-15(26-22-13)12-7-4-10-25-12/h1-3,5-6,12H,4,7-10H2,(H2,18,20,24). The minimum atomic E-state index is -0.332. The lowest BCUT2D eigenvalue weighted by Gasteiger charge is -2.06. The molecule has 0 aliphatic carbocycles. The van der Waals surface area contributed by atoms with Crippen LogP contribution < -0.4 is 10.6 Å². The van der Waals surface area contributed by atoms with Gasteiger partial charge in [0.25, 0.3) is 5.89 Å². The van der Waals surface area contributed by atoms with Crippen LogP contribution in [0.3, 0.4) is 0 Å². The number of carbonyl (C=O) groups is 1. The average molecular weight is 386 g/mol. The van der Waals surface area contributed by atoms with Crippen LogP contribution in [0.5, 0.6) is 0 Å². The molecule has 3 aromatic rings. The number of ether oxygens (including phenoxy) is 1. The fraction of sp³-hybridized carbons (Fsp3) is 0.353. The molecule has 0 saturated carbocycles. The molecule has 0 radical (unpaired) electrons. The summed E-state index contributed by atoms with van der Waals surface area (Å²) in [5, 5.41) is 14.2. The van der Waals surface area contributed by atoms with Gasteiger partial charge < -0.3 is 14.6 Å². The second-order valence-electron chi connectivity index (χ2n) is 6.00. The molecule has 1 fully saturated rings. The number of hydrogen-bond acceptors (Lipinski definition) is 8. The topological polar surface area (TPSA) is 115 Å². The van der Waals surface area contributed by atoms with Gasteiger partial charge in [-0.05, 0) is 12.8 Å². The summed E-state index contributed by atoms with van der Waals surface area (Å²) in [6, 6.07) is 9.25. The van der Waals surface area contributed by atoms with E-state index in [1.165, 1.54) is 0 Å². The van der Waals surface area contributed by atoms with Crippen molar-refractivity contribution >= 4 is 22.6 Å². The van der Waals surface area contributed by atoms with Gasteiger partial charge in [-0.1, -0.05) is 40.0 Å². The number of urea groups is 1. The van der Waals surface area contributed by atoms with Gasteiger partial charge in [-0.3, -0.25) is 5.32 Å². The number of benzene rings is 1. The van der Waals surface area contributed by atoms with Crippen LogP contribution in [0.1, 0.15) is 30.7 Å². The van der Waals surface area contributed by atoms with Crippen molar-refractivity contribution in [1.82, 2.24) is 25.0 Å². The zero-order chi connectivity index (χ0) is 18.5. The molecular formula is C17H18N6O3S. The van der Waals surface area contributed by atoms with E-state index in [1.807, 2.05) is 30.3 Å². The summed E-state index contributed by atoms with van der Waals surface area (Å²) in [6.45, 7) is 1.10. The molecule has 1 aliphatic rings. The first-order chi connectivity index (χ1) is 13.3. The third-order valence-corrected chi connectivity index (χ3v) is 4.73. The molecule has 1 aliphatic heterocycles. The molecule has 4 rings (SSSR count). The first-order valence-corrected chi connectivity index (χ1v) is 9.43. The first-order valence-electron chi connectivity index (χ1n) is 8.66. The normalized spacial score (nSPS) is 16.4. The van der Waals surface area contributed by atoms with E-state index in [1.54, 1.807) is 0 Å². The number of carbonyl (C=O) groups excluding carboxylic acids is 1. The molecule has 0 bridgehead atoms. The summed E-state index contributed by atoms with van der Waals surface area (Å²) >= 11 is 1.13. The molecule has 1 unspecified atom stereocenters. The van der Waals surface area contributed by atoms with Gasteiger partial charge in [0.2, 0.25) is 0 Å². The van der Waals surface area contributed by atoms with E-state index in [9.17, 15) is 4.79 Å². The Morgan fingerprint density at radius 3 is 3.00 bits per heavy atom. The van der Waals surface area contributed by atoms with Crippen molar-refractivity contribution in [2.75, 3.05) is 18.5 Å². The van der Waals surface area contributed by atoms with Crippen LogP contribution in [0.25, 0.3) is 11.3 Å². The largest absolute Gasteiger partial charge is 0.368 e. The lowest BCUT2D eigenvalue weighted by molar-refractivity contribution is 0.0835. The lowest BCUT2D eigenvalue weighted by atomic mass is 10.2. The fourth-order valence-electron chi connectivity index (χ4n) is 2.76. The van der Waals surface area contributed by atoms with Crippen molar-refractivity contribution in [2.45, 2.75) is 25.4 Å². The summed E-state index contributed by atoms with van der Waals surface area (Å²) in [7, 11) is 0. The number of hydrogen-bond donors (Lipinski definition) is 2. The maximum Gasteiger partial charge on any atom is 0.319 e. The van der Waals surface area contributed by atoms with Crippen LogP contribution in [-0.2, 0) is 11.2 Å². The Hall–Kier alpha value is -2.85. The first kappa shape index (κ1) is 17.6. The predicted molar refractivity (Wildman–Crippen MR) is 98.3 cm³/mol. The molecule has 2 aromatic heterocycles. The highest BCUT2D eigenvalue weighted by atomic mass is 32.1. The second-order valence-corrected chi connectivity index (χ2v) is 6.75. The van der Waals surface area contributed by atoms with E-state index >= 15 is 0 Å². The molecule has 9 nitrogen and oxygen atoms in total. The number of nitrogens with zero attached hydrogens (tertiary/aromatic N) is 4. The smallest absolute Gasteiger partial charge is 0.319 e. The molecule has 1 atom stereocenters. The Bertz CT molecular complexity index is 891. The Morgan fingerprint density at radius 2 is 2.19 bits per heavy atom. The second kappa shape index (κ2) is 8.23. The van der Waals surface area contributed by atoms with Gasteiger partial charge in [0, 0.05) is 36.7 Å². The van der Waals surface area contributed by atoms with Crippen molar-refractivity contribution in [3.63, 3.8) is 0 Å². The minimum absolute atomic E-state index is 0.0993. The number of anilines is 1. The predicted octanol–water partition coefficient (Wildman–Crippen LogP) is 2.80. The van der Waals surface area contributed by atoms with E-state index in [2.05, 4.69) is 30.4 Å². The lowest BCUT2D eigenvalue weighted by Crippen LogP contribution is -2.30. The highest BCUT2D eigenvalue weighted by Crippen LogP contribution is 2.28. The summed E-state index contributed by atoms with van der Waals surface area (Å²) in [4.78, 5) is 16.5. The Labute approximate surface area is 159 Å². The van der Waals surface area contributed by atoms with Gasteiger partial charge in [-0.25, -0.2) is 4.79 Å². The molecule has 2 N–H and O–H groups in total. The molecular weight excluding hydrogens is 368 g/mol. The van der Waals surface area contributed by atoms with E-state index in [4.69, 9.17) is 9.26 Å². The summed E-state index contributed by atoms with van der Waals surface area (Å²) < 4.78 is 14.7. The maximum atomic E-state index is 12.1. The molecule has 1 aromatic carbocycles. The van der Waals surface area contributed by atoms with Crippen molar-refractivity contribution in [2.24, 2.45) is 0 Å². The van der Waals surface area contributed by atoms with Gasteiger partial charge in [-0.2, -0.15) is 4.98 Å². The van der Waals surface area contributed by atoms with E-state index in [0.717, 1.165) is 36.5 Å². The number of amides is 2. The highest BCUT2D eigenvalue weighted by Gasteiger charge is 2.23. The van der Waals surface area contributed by atoms with E-state index < -0.39 is 0 Å². The van der Waals surface area contributed by atoms with Crippen molar-refractivity contribution in [3.05, 3.63) is 42.0 Å². The van der Waals surface area contributed by atoms with Crippen LogP contribution in [0.15, 0.2) is 34.9 Å². The van der Waals surface area contributed by atoms with Crippen LogP contribution in [-0.4, -0.2) is 38.9 Å². The molecule has 10 heteroatoms. The van der Waals surface area contributed by atoms with Gasteiger partial charge in [0.1, 0.15) is 16.8 Å². The fourth-order valence-corrected chi connectivity index (χ4v) is 3.35. The van der Waals surface area contributed by atoms with Crippen LogP contribution >= 0.6 is 11.5 Å². The van der Waals surface area contributed by atoms with Gasteiger partial charge in [-0.15, -0.1) is 5.10 Å². The molecule has 140 valence electrons. The van der Waals surface area contributed by atoms with E-state index in [0.29, 0.717) is 35.4 Å². The summed E-state index contributed by atoms with van der Waals surface area (Å²) in [5.41, 5.74) is 1.55. The number of aromatic nitrogens is 4. The molecule has 0 spiro atoms. The third-order valence-electron chi connectivity index (χ3n) is 4.09. The summed E-state index contributed by atoms with van der Waals surface area (Å²) in [5.74, 6) is 1.06. The SMILES string of the molecule is O=C(NCCc1noc(C2CCCO2)n1)Nc1snnc1-c1ccccc1. The van der Waals surface area contributed by atoms with Gasteiger partial charge >= 0.3 is 6.03 Å². The van der Waals surface area contributed by atoms with Crippen LogP contribution in [0.2, 0.25) is 0 Å². The van der Waals surface area contributed by atoms with Crippen molar-refractivity contribution in [3.8, 4) is 11.3 Å². The van der Waals surface area contributed by atoms with Crippen molar-refractivity contribution < 1.29 is 14.1 Å². The molecule has 2 amide bonds. The quantitative estimate of drug-likeness (QED) is 0.669. The Kier molecular flexibility index (Phi) is 5.35. The monoisotopic (exact) mass is 386 g/mol. The molecule has 3 heterocycles. The number of nitrogens with one attached hydrogen (secondary N) is 2. The Morgan fingerprint density at radius 1 is 1.30 bits per heavy atom. The Balaban J connectivity index is 1.28. The summed E-state index contributed by atoms with van der Waals surface area (Å²) in [6.07, 6.45) is 2.27. The number of rotatable bonds is 6. The van der Waals surface area contributed by atoms with Crippen LogP contribution in [0.4, 0.5) is 9.80 Å². The third kappa shape index (κ3) is 4.29. The maximum absolute atomic E-state index is 12.1. The average Bonchev–Trinajstić information content (AvgIpc) is 3.44. The van der Waals surface area contributed by atoms with Gasteiger partial charge in [0.15, 0.2) is 5.82 Å². The zero-order valence-electron chi connectivity index (χ0n) is 14.4. The zero-order valence-corrected chi connectivity index (χ0v) is 15.2. The van der Waals surface area contributed by atoms with E-state index in [-0.39, 0.29) is 12.1 Å². The van der Waals surface area contributed by atoms with Crippen LogP contribution in [0, 0.1) is 0 Å². The van der Waals surface area contributed by atoms with Gasteiger partial charge in [0.05, 0.1) is 0 Å². The molecule has 27 heavy (non-hydrogen) atoms. The van der Waals surface area contributed by atoms with Crippen molar-refractivity contribution in [1.29, 1.82) is 0 Å². The molecule has 1 saturated heterocycles.